The monoisotopic (exact) mass is 217 g/mol. The van der Waals surface area contributed by atoms with Crippen LogP contribution in [0.25, 0.3) is 0 Å². The molecule has 2 N–H and O–H groups in total. The largest absolute Gasteiger partial charge is 0.321 e. The Kier molecular flexibility index (Phi) is 3.34. The van der Waals surface area contributed by atoms with Crippen molar-refractivity contribution in [3.8, 4) is 0 Å². The molecule has 88 valence electrons. The molecule has 1 aliphatic carbocycles. The van der Waals surface area contributed by atoms with Crippen LogP contribution in [0.3, 0.4) is 0 Å². The molecule has 0 spiro atoms. The Morgan fingerprint density at radius 1 is 1.38 bits per heavy atom. The zero-order valence-corrected chi connectivity index (χ0v) is 10.5. The van der Waals surface area contributed by atoms with Crippen molar-refractivity contribution in [1.29, 1.82) is 0 Å². The summed E-state index contributed by atoms with van der Waals surface area (Å²) >= 11 is 0. The highest BCUT2D eigenvalue weighted by atomic mass is 14.7. The number of benzene rings is 1. The first-order chi connectivity index (χ1) is 7.67. The van der Waals surface area contributed by atoms with E-state index >= 15 is 0 Å². The third kappa shape index (κ3) is 2.01. The highest BCUT2D eigenvalue weighted by molar-refractivity contribution is 5.38. The van der Waals surface area contributed by atoms with Crippen LogP contribution in [-0.2, 0) is 5.54 Å². The molecule has 2 atom stereocenters. The zero-order valence-electron chi connectivity index (χ0n) is 10.5. The molecule has 0 aromatic heterocycles. The predicted molar refractivity (Wildman–Crippen MR) is 69.5 cm³/mol. The van der Waals surface area contributed by atoms with Gasteiger partial charge in [0.15, 0.2) is 0 Å². The van der Waals surface area contributed by atoms with E-state index in [0.29, 0.717) is 5.92 Å². The van der Waals surface area contributed by atoms with Crippen molar-refractivity contribution in [1.82, 2.24) is 0 Å². The molecular formula is C15H23N. The van der Waals surface area contributed by atoms with Gasteiger partial charge in [0.1, 0.15) is 0 Å². The summed E-state index contributed by atoms with van der Waals surface area (Å²) in [7, 11) is 0. The molecule has 0 fully saturated rings. The van der Waals surface area contributed by atoms with E-state index in [0.717, 1.165) is 12.8 Å². The normalized spacial score (nSPS) is 28.8. The Balaban J connectivity index is 2.33. The first-order valence-corrected chi connectivity index (χ1v) is 6.55. The first-order valence-electron chi connectivity index (χ1n) is 6.55. The van der Waals surface area contributed by atoms with Crippen molar-refractivity contribution in [3.63, 3.8) is 0 Å². The molecule has 2 rings (SSSR count). The Morgan fingerprint density at radius 2 is 2.12 bits per heavy atom. The van der Waals surface area contributed by atoms with E-state index in [4.69, 9.17) is 5.73 Å². The summed E-state index contributed by atoms with van der Waals surface area (Å²) < 4.78 is 0. The minimum Gasteiger partial charge on any atom is -0.321 e. The zero-order chi connectivity index (χ0) is 11.6. The molecule has 1 aliphatic rings. The predicted octanol–water partition coefficient (Wildman–Crippen LogP) is 3.93. The summed E-state index contributed by atoms with van der Waals surface area (Å²) in [6.07, 6.45) is 5.98. The van der Waals surface area contributed by atoms with Crippen LogP contribution in [0.15, 0.2) is 24.3 Å². The molecule has 0 radical (unpaired) electrons. The lowest BCUT2D eigenvalue weighted by Crippen LogP contribution is -2.40. The van der Waals surface area contributed by atoms with Crippen LogP contribution in [0.1, 0.15) is 63.0 Å². The average molecular weight is 217 g/mol. The minimum atomic E-state index is -0.0564. The number of unbranched alkanes of at least 4 members (excludes halogenated alkanes) is 1. The topological polar surface area (TPSA) is 26.0 Å². The molecule has 0 saturated heterocycles. The summed E-state index contributed by atoms with van der Waals surface area (Å²) in [6, 6.07) is 8.76. The quantitative estimate of drug-likeness (QED) is 0.815. The van der Waals surface area contributed by atoms with Gasteiger partial charge in [0.05, 0.1) is 0 Å². The van der Waals surface area contributed by atoms with Crippen LogP contribution in [-0.4, -0.2) is 0 Å². The third-order valence-electron chi connectivity index (χ3n) is 4.03. The van der Waals surface area contributed by atoms with Crippen LogP contribution >= 0.6 is 0 Å². The first kappa shape index (κ1) is 11.7. The molecule has 16 heavy (non-hydrogen) atoms. The molecule has 1 aromatic carbocycles. The second-order valence-electron chi connectivity index (χ2n) is 5.29. The van der Waals surface area contributed by atoms with Crippen LogP contribution in [0.4, 0.5) is 0 Å². The van der Waals surface area contributed by atoms with E-state index in [1.165, 1.54) is 30.4 Å². The lowest BCUT2D eigenvalue weighted by atomic mass is 9.71. The second-order valence-corrected chi connectivity index (χ2v) is 5.29. The van der Waals surface area contributed by atoms with E-state index < -0.39 is 0 Å². The summed E-state index contributed by atoms with van der Waals surface area (Å²) in [5.41, 5.74) is 9.45. The van der Waals surface area contributed by atoms with Crippen molar-refractivity contribution in [2.45, 2.75) is 57.4 Å². The van der Waals surface area contributed by atoms with E-state index in [2.05, 4.69) is 38.1 Å². The average Bonchev–Trinajstić information content (AvgIpc) is 2.32. The molecule has 1 heteroatoms. The van der Waals surface area contributed by atoms with Gasteiger partial charge in [0.2, 0.25) is 0 Å². The Labute approximate surface area is 99.0 Å². The van der Waals surface area contributed by atoms with Crippen LogP contribution in [0.5, 0.6) is 0 Å². The fourth-order valence-electron chi connectivity index (χ4n) is 2.90. The number of hydrogen-bond donors (Lipinski definition) is 1. The van der Waals surface area contributed by atoms with Crippen molar-refractivity contribution >= 4 is 0 Å². The molecule has 1 aromatic rings. The van der Waals surface area contributed by atoms with Gasteiger partial charge in [-0.3, -0.25) is 0 Å². The van der Waals surface area contributed by atoms with Gasteiger partial charge in [-0.15, -0.1) is 0 Å². The number of fused-ring (bicyclic) bond motifs is 1. The lowest BCUT2D eigenvalue weighted by molar-refractivity contribution is 0.320. The second kappa shape index (κ2) is 4.58. The molecule has 2 unspecified atom stereocenters. The molecule has 0 bridgehead atoms. The molecule has 0 heterocycles. The fraction of sp³-hybridized carbons (Fsp3) is 0.600. The van der Waals surface area contributed by atoms with Crippen LogP contribution in [0.2, 0.25) is 0 Å². The fourth-order valence-corrected chi connectivity index (χ4v) is 2.90. The lowest BCUT2D eigenvalue weighted by Gasteiger charge is -2.38. The van der Waals surface area contributed by atoms with Crippen LogP contribution in [0, 0.1) is 0 Å². The van der Waals surface area contributed by atoms with E-state index in [1.54, 1.807) is 0 Å². The summed E-state index contributed by atoms with van der Waals surface area (Å²) in [5.74, 6) is 0.675. The van der Waals surface area contributed by atoms with Crippen molar-refractivity contribution in [2.75, 3.05) is 0 Å². The van der Waals surface area contributed by atoms with Gasteiger partial charge >= 0.3 is 0 Å². The SMILES string of the molecule is CCCCC1(N)CCC(C)c2ccccc21. The maximum Gasteiger partial charge on any atom is 0.0412 e. The molecule has 0 amide bonds. The molecule has 0 saturated carbocycles. The van der Waals surface area contributed by atoms with Crippen molar-refractivity contribution < 1.29 is 0 Å². The van der Waals surface area contributed by atoms with Gasteiger partial charge in [-0.05, 0) is 36.3 Å². The van der Waals surface area contributed by atoms with Gasteiger partial charge in [-0.2, -0.15) is 0 Å². The van der Waals surface area contributed by atoms with Gasteiger partial charge in [0, 0.05) is 5.54 Å². The van der Waals surface area contributed by atoms with Crippen molar-refractivity contribution in [2.24, 2.45) is 5.73 Å². The smallest absolute Gasteiger partial charge is 0.0412 e. The van der Waals surface area contributed by atoms with Gasteiger partial charge in [-0.25, -0.2) is 0 Å². The summed E-state index contributed by atoms with van der Waals surface area (Å²) in [6.45, 7) is 4.55. The van der Waals surface area contributed by atoms with Gasteiger partial charge in [-0.1, -0.05) is 51.0 Å². The highest BCUT2D eigenvalue weighted by Crippen LogP contribution is 2.42. The number of nitrogens with two attached hydrogens (primary N) is 1. The Bertz CT molecular complexity index is 358. The van der Waals surface area contributed by atoms with E-state index in [1.807, 2.05) is 0 Å². The highest BCUT2D eigenvalue weighted by Gasteiger charge is 2.34. The Morgan fingerprint density at radius 3 is 2.88 bits per heavy atom. The van der Waals surface area contributed by atoms with E-state index in [9.17, 15) is 0 Å². The molecule has 1 nitrogen and oxygen atoms in total. The Hall–Kier alpha value is -0.820. The maximum atomic E-state index is 6.62. The van der Waals surface area contributed by atoms with Crippen molar-refractivity contribution in [3.05, 3.63) is 35.4 Å². The molecular weight excluding hydrogens is 194 g/mol. The summed E-state index contributed by atoms with van der Waals surface area (Å²) in [5, 5.41) is 0. The maximum absolute atomic E-state index is 6.62. The number of hydrogen-bond acceptors (Lipinski definition) is 1. The van der Waals surface area contributed by atoms with Gasteiger partial charge in [0.25, 0.3) is 0 Å². The van der Waals surface area contributed by atoms with Crippen LogP contribution < -0.4 is 5.73 Å². The van der Waals surface area contributed by atoms with Gasteiger partial charge < -0.3 is 5.73 Å². The number of rotatable bonds is 3. The molecule has 0 aliphatic heterocycles. The summed E-state index contributed by atoms with van der Waals surface area (Å²) in [4.78, 5) is 0. The minimum absolute atomic E-state index is 0.0564. The van der Waals surface area contributed by atoms with E-state index in [-0.39, 0.29) is 5.54 Å². The third-order valence-corrected chi connectivity index (χ3v) is 4.03. The standard InChI is InChI=1S/C15H23N/c1-3-4-10-15(16)11-9-12(2)13-7-5-6-8-14(13)15/h5-8,12H,3-4,9-11,16H2,1-2H3.